The van der Waals surface area contributed by atoms with Gasteiger partial charge in [-0.1, -0.05) is 52.0 Å². The maximum Gasteiger partial charge on any atom is 0.275 e. The molecular weight excluding hydrogens is 302 g/mol. The van der Waals surface area contributed by atoms with Crippen LogP contribution < -0.4 is 16.0 Å². The van der Waals surface area contributed by atoms with Crippen LogP contribution in [0.4, 0.5) is 0 Å². The van der Waals surface area contributed by atoms with Gasteiger partial charge in [0.05, 0.1) is 6.54 Å². The molecule has 0 bridgehead atoms. The van der Waals surface area contributed by atoms with Crippen LogP contribution >= 0.6 is 0 Å². The first-order chi connectivity index (χ1) is 11.4. The summed E-state index contributed by atoms with van der Waals surface area (Å²) in [6, 6.07) is 8.95. The minimum atomic E-state index is -0.190. The predicted octanol–water partition coefficient (Wildman–Crippen LogP) is 1.32. The molecule has 0 aliphatic heterocycles. The van der Waals surface area contributed by atoms with Gasteiger partial charge >= 0.3 is 0 Å². The van der Waals surface area contributed by atoms with Crippen LogP contribution in [0.15, 0.2) is 24.3 Å². The monoisotopic (exact) mass is 334 g/mol. The molecule has 0 radical (unpaired) electrons. The molecule has 5 nitrogen and oxygen atoms in total. The van der Waals surface area contributed by atoms with Gasteiger partial charge in [-0.05, 0) is 17.9 Å². The van der Waals surface area contributed by atoms with Crippen LogP contribution in [0.2, 0.25) is 0 Å². The second-order valence-electron chi connectivity index (χ2n) is 6.64. The Bertz CT molecular complexity index is 526. The topological polar surface area (TPSA) is 74.8 Å². The Hall–Kier alpha value is -1.88. The molecule has 0 heterocycles. The van der Waals surface area contributed by atoms with Gasteiger partial charge in [0.2, 0.25) is 5.91 Å². The lowest BCUT2D eigenvalue weighted by Crippen LogP contribution is -2.88. The Morgan fingerprint density at radius 3 is 2.12 bits per heavy atom. The van der Waals surface area contributed by atoms with Gasteiger partial charge in [-0.25, -0.2) is 0 Å². The first-order valence-corrected chi connectivity index (χ1v) is 8.79. The van der Waals surface area contributed by atoms with Gasteiger partial charge in [-0.3, -0.25) is 9.59 Å². The third kappa shape index (κ3) is 6.32. The fourth-order valence-corrected chi connectivity index (χ4v) is 2.65. The maximum absolute atomic E-state index is 11.9. The number of quaternary nitrogens is 1. The summed E-state index contributed by atoms with van der Waals surface area (Å²) in [6.45, 7) is 9.09. The summed E-state index contributed by atoms with van der Waals surface area (Å²) in [7, 11) is 1.55. The van der Waals surface area contributed by atoms with Crippen molar-refractivity contribution in [3.05, 3.63) is 35.4 Å². The third-order valence-electron chi connectivity index (χ3n) is 4.50. The zero-order valence-corrected chi connectivity index (χ0v) is 15.6. The van der Waals surface area contributed by atoms with E-state index in [2.05, 4.69) is 62.6 Å². The van der Waals surface area contributed by atoms with Gasteiger partial charge in [0.1, 0.15) is 6.04 Å². The number of nitrogens with two attached hydrogens (primary N) is 1. The van der Waals surface area contributed by atoms with Crippen LogP contribution in [0.3, 0.4) is 0 Å². The summed E-state index contributed by atoms with van der Waals surface area (Å²) >= 11 is 0. The first-order valence-electron chi connectivity index (χ1n) is 8.79. The van der Waals surface area contributed by atoms with Crippen molar-refractivity contribution < 1.29 is 14.9 Å². The average Bonchev–Trinajstić information content (AvgIpc) is 2.59. The molecule has 0 spiro atoms. The minimum Gasteiger partial charge on any atom is -0.358 e. The zero-order chi connectivity index (χ0) is 18.1. The highest BCUT2D eigenvalue weighted by Crippen LogP contribution is 2.22. The van der Waals surface area contributed by atoms with Gasteiger partial charge in [0, 0.05) is 18.5 Å². The van der Waals surface area contributed by atoms with E-state index >= 15 is 0 Å². The number of carbonyl (C=O) groups is 2. The zero-order valence-electron chi connectivity index (χ0n) is 15.6. The molecule has 0 unspecified atom stereocenters. The third-order valence-corrected chi connectivity index (χ3v) is 4.50. The number of hydrogen-bond acceptors (Lipinski definition) is 2. The van der Waals surface area contributed by atoms with E-state index < -0.39 is 0 Å². The first kappa shape index (κ1) is 20.2. The van der Waals surface area contributed by atoms with Crippen LogP contribution in [0.5, 0.6) is 0 Å². The number of carbonyl (C=O) groups excluding carboxylic acids is 2. The molecule has 0 saturated heterocycles. The fraction of sp³-hybridized carbons (Fsp3) is 0.579. The molecule has 0 aliphatic rings. The van der Waals surface area contributed by atoms with E-state index in [9.17, 15) is 9.59 Å². The Labute approximate surface area is 145 Å². The van der Waals surface area contributed by atoms with E-state index in [1.807, 2.05) is 5.32 Å². The molecule has 0 fully saturated rings. The smallest absolute Gasteiger partial charge is 0.275 e. The molecule has 0 aromatic heterocycles. The molecule has 24 heavy (non-hydrogen) atoms. The van der Waals surface area contributed by atoms with Crippen LogP contribution in [-0.4, -0.2) is 32.0 Å². The molecule has 2 atom stereocenters. The number of rotatable bonds is 9. The standard InChI is InChI=1S/C19H31N3O2/c1-6-14(4)15-7-9-16(10-8-15)19(13(2)3)22-12-18(24)21-11-17(23)20-5/h7-10,13-14,19,22H,6,11-12H2,1-5H3,(H,20,23)(H,21,24)/p+1/t14-,19+/m0/s1. The van der Waals surface area contributed by atoms with Crippen LogP contribution in [0, 0.1) is 5.92 Å². The molecule has 1 rings (SSSR count). The highest BCUT2D eigenvalue weighted by Gasteiger charge is 2.20. The summed E-state index contributed by atoms with van der Waals surface area (Å²) in [5, 5.41) is 7.16. The van der Waals surface area contributed by atoms with Crippen molar-refractivity contribution in [2.24, 2.45) is 5.92 Å². The molecule has 1 aromatic carbocycles. The Kier molecular flexibility index (Phi) is 8.47. The quantitative estimate of drug-likeness (QED) is 0.637. The number of nitrogens with one attached hydrogen (secondary N) is 2. The largest absolute Gasteiger partial charge is 0.358 e. The highest BCUT2D eigenvalue weighted by atomic mass is 16.2. The predicted molar refractivity (Wildman–Crippen MR) is 96.6 cm³/mol. The van der Waals surface area contributed by atoms with E-state index in [1.54, 1.807) is 7.05 Å². The summed E-state index contributed by atoms with van der Waals surface area (Å²) < 4.78 is 0. The lowest BCUT2D eigenvalue weighted by atomic mass is 9.92. The van der Waals surface area contributed by atoms with Crippen LogP contribution in [0.1, 0.15) is 57.2 Å². The summed E-state index contributed by atoms with van der Waals surface area (Å²) in [5.41, 5.74) is 2.59. The number of likely N-dealkylation sites (N-methyl/N-ethyl adjacent to an activating group) is 1. The van der Waals surface area contributed by atoms with E-state index in [-0.39, 0.29) is 24.4 Å². The number of hydrogen-bond donors (Lipinski definition) is 3. The van der Waals surface area contributed by atoms with Gasteiger partial charge < -0.3 is 16.0 Å². The molecule has 0 aliphatic carbocycles. The van der Waals surface area contributed by atoms with Crippen molar-refractivity contribution in [3.8, 4) is 0 Å². The summed E-state index contributed by atoms with van der Waals surface area (Å²) in [4.78, 5) is 23.0. The molecule has 2 amide bonds. The highest BCUT2D eigenvalue weighted by molar-refractivity contribution is 5.84. The average molecular weight is 334 g/mol. The van der Waals surface area contributed by atoms with E-state index in [1.165, 1.54) is 11.1 Å². The van der Waals surface area contributed by atoms with Crippen LogP contribution in [-0.2, 0) is 9.59 Å². The lowest BCUT2D eigenvalue weighted by molar-refractivity contribution is -0.692. The molecular formula is C19H32N3O2+. The van der Waals surface area contributed by atoms with E-state index in [0.29, 0.717) is 18.4 Å². The normalized spacial score (nSPS) is 13.4. The Balaban J connectivity index is 2.64. The Morgan fingerprint density at radius 2 is 1.62 bits per heavy atom. The van der Waals surface area contributed by atoms with Crippen molar-refractivity contribution in [2.75, 3.05) is 20.1 Å². The summed E-state index contributed by atoms with van der Waals surface area (Å²) in [5.74, 6) is 0.659. The SMILES string of the molecule is CC[C@H](C)c1ccc([C@H]([NH2+]CC(=O)NCC(=O)NC)C(C)C)cc1. The lowest BCUT2D eigenvalue weighted by Gasteiger charge is -2.20. The molecule has 1 aromatic rings. The van der Waals surface area contributed by atoms with Gasteiger partial charge in [-0.15, -0.1) is 0 Å². The van der Waals surface area contributed by atoms with E-state index in [0.717, 1.165) is 6.42 Å². The number of amides is 2. The molecule has 5 heteroatoms. The van der Waals surface area contributed by atoms with Crippen molar-refractivity contribution in [1.29, 1.82) is 0 Å². The summed E-state index contributed by atoms with van der Waals surface area (Å²) in [6.07, 6.45) is 1.13. The van der Waals surface area contributed by atoms with Crippen LogP contribution in [0.25, 0.3) is 0 Å². The molecule has 4 N–H and O–H groups in total. The van der Waals surface area contributed by atoms with Gasteiger partial charge in [-0.2, -0.15) is 0 Å². The van der Waals surface area contributed by atoms with Gasteiger partial charge in [0.15, 0.2) is 6.54 Å². The second-order valence-corrected chi connectivity index (χ2v) is 6.64. The van der Waals surface area contributed by atoms with E-state index in [4.69, 9.17) is 0 Å². The van der Waals surface area contributed by atoms with Crippen molar-refractivity contribution in [1.82, 2.24) is 10.6 Å². The van der Waals surface area contributed by atoms with Crippen molar-refractivity contribution in [3.63, 3.8) is 0 Å². The molecule has 0 saturated carbocycles. The minimum absolute atomic E-state index is 0.0269. The van der Waals surface area contributed by atoms with Crippen molar-refractivity contribution in [2.45, 2.75) is 46.1 Å². The van der Waals surface area contributed by atoms with Gasteiger partial charge in [0.25, 0.3) is 5.91 Å². The fourth-order valence-electron chi connectivity index (χ4n) is 2.65. The Morgan fingerprint density at radius 1 is 1.04 bits per heavy atom. The van der Waals surface area contributed by atoms with Crippen molar-refractivity contribution >= 4 is 11.8 Å². The number of benzene rings is 1. The second kappa shape index (κ2) is 10.1. The maximum atomic E-state index is 11.9. The molecule has 134 valence electrons.